The third-order valence-electron chi connectivity index (χ3n) is 12.8. The Morgan fingerprint density at radius 1 is 1.00 bits per heavy atom. The lowest BCUT2D eigenvalue weighted by atomic mass is 9.98. The van der Waals surface area contributed by atoms with Crippen LogP contribution in [0, 0.1) is 5.92 Å². The number of anilines is 1. The van der Waals surface area contributed by atoms with E-state index in [1.807, 2.05) is 48.5 Å². The van der Waals surface area contributed by atoms with Gasteiger partial charge in [0, 0.05) is 97.5 Å². The number of hydrogen-bond acceptors (Lipinski definition) is 14. The van der Waals surface area contributed by atoms with Crippen molar-refractivity contribution in [3.63, 3.8) is 0 Å². The molecule has 0 saturated carbocycles. The van der Waals surface area contributed by atoms with Gasteiger partial charge in [0.05, 0.1) is 30.6 Å². The lowest BCUT2D eigenvalue weighted by Crippen LogP contribution is -2.46. The van der Waals surface area contributed by atoms with Crippen LogP contribution in [0.3, 0.4) is 0 Å². The standard InChI is InChI=1S/C50H53F2N9O9S2/c1-28-20-50(51,52)27-61(28)47(65)41-18-33(45(64)59-41)19-44(63)60-23-32-5-3-4-29(38(32)24-60)8-11-43(62)58-42(48(66)67)26-72-71-15-14-55-49(68)70-25-35-9-6-31(21-56-35)36-12-13-54-40-10-7-30(16-37(36)40)34-17-39(53)46(69-2)57-22-34/h3-7,9-10,12-13,16-17,21-22,28,33,41-42H,8,11,14-15,18-20,23-27,53H2,1-2H3,(H,55,68)(H,58,62)(H,59,64)(H,66,67)/t28-,33+,41+,42?/m1/s1. The number of fused-ring (bicyclic) bond motifs is 2. The number of aliphatic carboxylic acids is 1. The molecular weight excluding hydrogens is 973 g/mol. The molecule has 3 aliphatic rings. The molecule has 18 nitrogen and oxygen atoms in total. The van der Waals surface area contributed by atoms with Crippen molar-refractivity contribution in [1.29, 1.82) is 0 Å². The van der Waals surface area contributed by atoms with E-state index >= 15 is 0 Å². The Labute approximate surface area is 421 Å². The average Bonchev–Trinajstić information content (AvgIpc) is 4.06. The number of ether oxygens (including phenoxy) is 2. The highest BCUT2D eigenvalue weighted by Gasteiger charge is 2.48. The van der Waals surface area contributed by atoms with Gasteiger partial charge in [-0.15, -0.1) is 0 Å². The van der Waals surface area contributed by atoms with Gasteiger partial charge >= 0.3 is 12.1 Å². The highest BCUT2D eigenvalue weighted by Crippen LogP contribution is 2.36. The van der Waals surface area contributed by atoms with Crippen LogP contribution in [0.2, 0.25) is 0 Å². The van der Waals surface area contributed by atoms with Crippen LogP contribution in [0.1, 0.15) is 55.0 Å². The van der Waals surface area contributed by atoms with Crippen molar-refractivity contribution in [2.75, 3.05) is 37.4 Å². The lowest BCUT2D eigenvalue weighted by molar-refractivity contribution is -0.141. The largest absolute Gasteiger partial charge is 0.480 e. The molecule has 0 spiro atoms. The number of nitrogens with two attached hydrogens (primary N) is 1. The molecule has 22 heteroatoms. The molecule has 4 atom stereocenters. The maximum absolute atomic E-state index is 13.9. The summed E-state index contributed by atoms with van der Waals surface area (Å²) in [6.45, 7) is 1.58. The number of aryl methyl sites for hydroxylation is 1. The predicted octanol–water partition coefficient (Wildman–Crippen LogP) is 5.75. The van der Waals surface area contributed by atoms with E-state index in [0.29, 0.717) is 36.0 Å². The van der Waals surface area contributed by atoms with Gasteiger partial charge in [0.1, 0.15) is 18.7 Å². The molecule has 2 saturated heterocycles. The molecule has 0 bridgehead atoms. The summed E-state index contributed by atoms with van der Waals surface area (Å²) in [4.78, 5) is 92.7. The zero-order valence-electron chi connectivity index (χ0n) is 39.4. The normalized spacial score (nSPS) is 18.3. The number of pyridine rings is 3. The van der Waals surface area contributed by atoms with Gasteiger partial charge in [-0.1, -0.05) is 51.9 Å². The van der Waals surface area contributed by atoms with Crippen molar-refractivity contribution >= 4 is 73.9 Å². The minimum absolute atomic E-state index is 0.000454. The minimum Gasteiger partial charge on any atom is -0.480 e. The molecule has 1 unspecified atom stereocenters. The number of methoxy groups -OCH3 is 1. The van der Waals surface area contributed by atoms with Gasteiger partial charge in [-0.05, 0) is 77.9 Å². The number of carboxylic acid groups (broad SMARTS) is 1. The van der Waals surface area contributed by atoms with Gasteiger partial charge in [0.2, 0.25) is 29.5 Å². The molecule has 6 heterocycles. The summed E-state index contributed by atoms with van der Waals surface area (Å²) in [5.74, 6) is -5.87. The van der Waals surface area contributed by atoms with Crippen LogP contribution >= 0.6 is 21.6 Å². The van der Waals surface area contributed by atoms with Gasteiger partial charge in [0.25, 0.3) is 5.92 Å². The molecule has 6 N–H and O–H groups in total. The fourth-order valence-corrected chi connectivity index (χ4v) is 11.2. The van der Waals surface area contributed by atoms with Gasteiger partial charge in [-0.25, -0.2) is 23.4 Å². The number of alkyl halides is 2. The summed E-state index contributed by atoms with van der Waals surface area (Å²) in [6.07, 6.45) is 4.25. The van der Waals surface area contributed by atoms with Gasteiger partial charge in [0.15, 0.2) is 0 Å². The molecular formula is C50H53F2N9O9S2. The number of carbonyl (C=O) groups excluding carboxylic acids is 5. The molecule has 0 radical (unpaired) electrons. The van der Waals surface area contributed by atoms with Crippen LogP contribution in [0.25, 0.3) is 33.2 Å². The zero-order valence-corrected chi connectivity index (χ0v) is 41.0. The Morgan fingerprint density at radius 2 is 1.81 bits per heavy atom. The molecule has 2 fully saturated rings. The molecule has 3 aromatic heterocycles. The summed E-state index contributed by atoms with van der Waals surface area (Å²) in [5.41, 5.74) is 13.9. The number of nitrogens with zero attached hydrogens (tertiary/aromatic N) is 5. The molecule has 3 aliphatic heterocycles. The summed E-state index contributed by atoms with van der Waals surface area (Å²) in [5, 5.41) is 18.6. The quantitative estimate of drug-likeness (QED) is 0.0488. The average molecular weight is 1030 g/mol. The van der Waals surface area contributed by atoms with Crippen LogP contribution in [0.4, 0.5) is 19.3 Å². The molecule has 8 rings (SSSR count). The van der Waals surface area contributed by atoms with E-state index < -0.39 is 72.7 Å². The monoisotopic (exact) mass is 1030 g/mol. The maximum Gasteiger partial charge on any atom is 0.407 e. The molecule has 5 amide bonds. The van der Waals surface area contributed by atoms with E-state index in [1.54, 1.807) is 42.5 Å². The van der Waals surface area contributed by atoms with Gasteiger partial charge in [-0.3, -0.25) is 29.1 Å². The number of rotatable bonds is 19. The molecule has 72 heavy (non-hydrogen) atoms. The number of aromatic nitrogens is 3. The Kier molecular flexibility index (Phi) is 16.1. The maximum atomic E-state index is 13.9. The first-order chi connectivity index (χ1) is 34.5. The number of amides is 5. The summed E-state index contributed by atoms with van der Waals surface area (Å²) in [6, 6.07) is 16.1. The number of halogens is 2. The Bertz CT molecular complexity index is 2880. The minimum atomic E-state index is -2.98. The first-order valence-corrected chi connectivity index (χ1v) is 25.7. The second kappa shape index (κ2) is 22.6. The van der Waals surface area contributed by atoms with Crippen LogP contribution in [-0.4, -0.2) is 121 Å². The van der Waals surface area contributed by atoms with E-state index in [0.717, 1.165) is 54.7 Å². The number of carboxylic acids is 1. The molecule has 378 valence electrons. The van der Waals surface area contributed by atoms with Crippen molar-refractivity contribution in [1.82, 2.24) is 40.7 Å². The number of nitrogens with one attached hydrogen (secondary N) is 3. The fourth-order valence-electron chi connectivity index (χ4n) is 9.12. The predicted molar refractivity (Wildman–Crippen MR) is 266 cm³/mol. The molecule has 2 aromatic carbocycles. The Morgan fingerprint density at radius 3 is 2.54 bits per heavy atom. The van der Waals surface area contributed by atoms with Crippen molar-refractivity contribution in [3.8, 4) is 28.1 Å². The smallest absolute Gasteiger partial charge is 0.407 e. The number of likely N-dealkylation sites (tertiary alicyclic amines) is 1. The number of nitrogen functional groups attached to an aromatic ring is 1. The van der Waals surface area contributed by atoms with Crippen LogP contribution in [0.5, 0.6) is 5.88 Å². The summed E-state index contributed by atoms with van der Waals surface area (Å²) < 4.78 is 38.4. The number of carbonyl (C=O) groups is 6. The Balaban J connectivity index is 0.724. The Hall–Kier alpha value is -7.07. The number of hydrogen-bond donors (Lipinski definition) is 5. The van der Waals surface area contributed by atoms with E-state index in [9.17, 15) is 42.7 Å². The number of alkyl carbamates (subject to hydrolysis) is 1. The zero-order chi connectivity index (χ0) is 51.1. The SMILES string of the molecule is COc1ncc(-c2ccc3nccc(-c4ccc(COC(=O)NCCSSCC(NC(=O)CCc5cccc6c5CN(C(=O)C[C@@H]5C[C@@H](C(=O)N7CC(F)(F)C[C@H]7C)NC5=O)C6)C(=O)O)nc4)c3c2)cc1N. The van der Waals surface area contributed by atoms with E-state index in [2.05, 4.69) is 30.9 Å². The van der Waals surface area contributed by atoms with Crippen molar-refractivity contribution in [2.45, 2.75) is 82.8 Å². The third-order valence-corrected chi connectivity index (χ3v) is 15.2. The topological polar surface area (TPSA) is 248 Å². The van der Waals surface area contributed by atoms with Crippen LogP contribution in [-0.2, 0) is 54.8 Å². The fraction of sp³-hybridized carbons (Fsp3) is 0.380. The van der Waals surface area contributed by atoms with Crippen LogP contribution < -0.4 is 26.4 Å². The van der Waals surface area contributed by atoms with Crippen molar-refractivity contribution in [3.05, 3.63) is 102 Å². The molecule has 5 aromatic rings. The first-order valence-electron chi connectivity index (χ1n) is 23.2. The highest BCUT2D eigenvalue weighted by molar-refractivity contribution is 8.76. The van der Waals surface area contributed by atoms with E-state index in [1.165, 1.54) is 28.7 Å². The van der Waals surface area contributed by atoms with Crippen molar-refractivity contribution in [2.24, 2.45) is 5.92 Å². The lowest BCUT2D eigenvalue weighted by Gasteiger charge is -2.24. The van der Waals surface area contributed by atoms with Crippen molar-refractivity contribution < 1.29 is 52.1 Å². The summed E-state index contributed by atoms with van der Waals surface area (Å²) in [7, 11) is 4.09. The van der Waals surface area contributed by atoms with Gasteiger partial charge in [-0.2, -0.15) is 0 Å². The van der Waals surface area contributed by atoms with E-state index in [-0.39, 0.29) is 50.6 Å². The van der Waals surface area contributed by atoms with Crippen LogP contribution in [0.15, 0.2) is 79.3 Å². The highest BCUT2D eigenvalue weighted by atomic mass is 33.1. The molecule has 0 aliphatic carbocycles. The summed E-state index contributed by atoms with van der Waals surface area (Å²) >= 11 is 0. The second-order valence-corrected chi connectivity index (χ2v) is 20.5. The second-order valence-electron chi connectivity index (χ2n) is 17.9. The van der Waals surface area contributed by atoms with Gasteiger partial charge < -0.3 is 46.1 Å². The first kappa shape index (κ1) is 51.3. The third kappa shape index (κ3) is 12.3. The van der Waals surface area contributed by atoms with E-state index in [4.69, 9.17) is 15.2 Å². The number of benzene rings is 2.